The summed E-state index contributed by atoms with van der Waals surface area (Å²) in [4.78, 5) is 0. The van der Waals surface area contributed by atoms with Crippen LogP contribution in [0.3, 0.4) is 0 Å². The third-order valence-electron chi connectivity index (χ3n) is 0. The number of hydrogen-bond acceptors (Lipinski definition) is 0. The van der Waals surface area contributed by atoms with Gasteiger partial charge < -0.3 is 0 Å². The molecule has 2 radical (unpaired) electrons. The largest absolute Gasteiger partial charge is 0.0999 e. The minimum Gasteiger partial charge on any atom is -0.0999 e. The van der Waals surface area contributed by atoms with Crippen molar-refractivity contribution in [2.45, 2.75) is 91.9 Å². The molecular formula is C13H43B. The Morgan fingerprint density at radius 1 is 0.357 bits per heavy atom. The Hall–Kier alpha value is 0.0649. The summed E-state index contributed by atoms with van der Waals surface area (Å²) >= 11 is 0. The Labute approximate surface area is 100 Å². The molecule has 0 unspecified atom stereocenters. The lowest BCUT2D eigenvalue weighted by molar-refractivity contribution is 1.50. The third-order valence-corrected chi connectivity index (χ3v) is 0. The summed E-state index contributed by atoms with van der Waals surface area (Å²) < 4.78 is 0. The van der Waals surface area contributed by atoms with Crippen LogP contribution in [0.15, 0.2) is 0 Å². The van der Waals surface area contributed by atoms with Gasteiger partial charge in [-0.25, -0.2) is 0 Å². The highest BCUT2D eigenvalue weighted by molar-refractivity contribution is 6.05. The van der Waals surface area contributed by atoms with Crippen molar-refractivity contribution in [2.75, 3.05) is 0 Å². The highest BCUT2D eigenvalue weighted by atomic mass is 13.0. The van der Waals surface area contributed by atoms with Crippen LogP contribution in [0.2, 0.25) is 6.82 Å². The maximum Gasteiger partial charge on any atom is 0.0606 e. The SMILES string of the molecule is C.C.C.C.CC.CC.CC.CC.[B]C. The van der Waals surface area contributed by atoms with Gasteiger partial charge in [-0.05, 0) is 0 Å². The average Bonchev–Trinajstić information content (AvgIpc) is 2.20. The van der Waals surface area contributed by atoms with Crippen LogP contribution in [-0.2, 0) is 0 Å². The van der Waals surface area contributed by atoms with E-state index in [4.69, 9.17) is 0 Å². The van der Waals surface area contributed by atoms with Crippen LogP contribution < -0.4 is 0 Å². The molecule has 0 N–H and O–H groups in total. The van der Waals surface area contributed by atoms with Gasteiger partial charge in [0, 0.05) is 0 Å². The van der Waals surface area contributed by atoms with Crippen LogP contribution >= 0.6 is 0 Å². The van der Waals surface area contributed by atoms with Crippen molar-refractivity contribution in [2.24, 2.45) is 0 Å². The molecule has 0 heterocycles. The predicted molar refractivity (Wildman–Crippen MR) is 83.9 cm³/mol. The fraction of sp³-hybridized carbons (Fsp3) is 1.00. The van der Waals surface area contributed by atoms with Gasteiger partial charge in [0.2, 0.25) is 0 Å². The van der Waals surface area contributed by atoms with Crippen LogP contribution in [-0.4, -0.2) is 7.85 Å². The molecule has 98 valence electrons. The van der Waals surface area contributed by atoms with E-state index in [0.717, 1.165) is 0 Å². The Morgan fingerprint density at radius 3 is 0.357 bits per heavy atom. The van der Waals surface area contributed by atoms with E-state index in [2.05, 4.69) is 7.85 Å². The third kappa shape index (κ3) is 350000. The van der Waals surface area contributed by atoms with Gasteiger partial charge in [0.05, 0.1) is 7.85 Å². The second kappa shape index (κ2) is 451000. The van der Waals surface area contributed by atoms with E-state index in [9.17, 15) is 0 Å². The standard InChI is InChI=1S/4C2H6.CH3B.4CH4/c5*1-2;;;;/h4*1-2H3;1H3;4*1H4. The molecule has 0 fully saturated rings. The molecule has 0 aliphatic carbocycles. The maximum atomic E-state index is 4.50. The first kappa shape index (κ1) is 93.6. The molecule has 0 aromatic rings. The van der Waals surface area contributed by atoms with Crippen LogP contribution in [0, 0.1) is 0 Å². The molecule has 0 rings (SSSR count). The molecule has 0 amide bonds. The van der Waals surface area contributed by atoms with Gasteiger partial charge in [0.1, 0.15) is 0 Å². The minimum atomic E-state index is 0. The summed E-state index contributed by atoms with van der Waals surface area (Å²) in [5, 5.41) is 0. The molecule has 0 nitrogen and oxygen atoms in total. The van der Waals surface area contributed by atoms with E-state index in [1.165, 1.54) is 6.82 Å². The Morgan fingerprint density at radius 2 is 0.357 bits per heavy atom. The smallest absolute Gasteiger partial charge is 0.0606 e. The van der Waals surface area contributed by atoms with Crippen molar-refractivity contribution in [3.63, 3.8) is 0 Å². The Bertz CT molecular complexity index is 5.20. The quantitative estimate of drug-likeness (QED) is 0.383. The van der Waals surface area contributed by atoms with Crippen molar-refractivity contribution < 1.29 is 0 Å². The molecule has 0 aliphatic heterocycles. The summed E-state index contributed by atoms with van der Waals surface area (Å²) in [5.41, 5.74) is 0. The van der Waals surface area contributed by atoms with Gasteiger partial charge in [0.15, 0.2) is 0 Å². The summed E-state index contributed by atoms with van der Waals surface area (Å²) in [6.45, 7) is 17.5. The topological polar surface area (TPSA) is 0 Å². The number of rotatable bonds is 0. The molecule has 0 aromatic carbocycles. The highest BCUT2D eigenvalue weighted by Gasteiger charge is 0.984. The van der Waals surface area contributed by atoms with Crippen LogP contribution in [0.25, 0.3) is 0 Å². The second-order valence-corrected chi connectivity index (χ2v) is 0. The first-order valence-corrected chi connectivity index (χ1v) is 4.58. The van der Waals surface area contributed by atoms with Crippen LogP contribution in [0.5, 0.6) is 0 Å². The first-order valence-electron chi connectivity index (χ1n) is 4.58. The molecule has 0 bridgehead atoms. The lowest BCUT2D eigenvalue weighted by Gasteiger charge is -1.07. The monoisotopic (exact) mass is 210 g/mol. The minimum absolute atomic E-state index is 0. The Kier molecular flexibility index (Phi) is 3010000. The molecule has 0 saturated carbocycles. The highest BCUT2D eigenvalue weighted by Crippen LogP contribution is 1.15. The zero-order valence-corrected chi connectivity index (χ0v) is 9.58. The fourth-order valence-corrected chi connectivity index (χ4v) is 0. The van der Waals surface area contributed by atoms with Gasteiger partial charge in [-0.15, -0.1) is 0 Å². The second-order valence-electron chi connectivity index (χ2n) is 0. The van der Waals surface area contributed by atoms with Crippen molar-refractivity contribution in [3.8, 4) is 0 Å². The van der Waals surface area contributed by atoms with E-state index >= 15 is 0 Å². The number of hydrogen-bond donors (Lipinski definition) is 0. The molecular weight excluding hydrogens is 167 g/mol. The fourth-order valence-electron chi connectivity index (χ4n) is 0. The van der Waals surface area contributed by atoms with E-state index in [1.807, 2.05) is 55.4 Å². The zero-order valence-electron chi connectivity index (χ0n) is 9.58. The van der Waals surface area contributed by atoms with E-state index in [-0.39, 0.29) is 29.7 Å². The molecule has 0 aromatic heterocycles. The summed E-state index contributed by atoms with van der Waals surface area (Å²) in [5.74, 6) is 0. The van der Waals surface area contributed by atoms with Gasteiger partial charge in [-0.2, -0.15) is 0 Å². The first-order chi connectivity index (χ1) is 5.00. The van der Waals surface area contributed by atoms with Crippen molar-refractivity contribution in [3.05, 3.63) is 0 Å². The van der Waals surface area contributed by atoms with E-state index in [0.29, 0.717) is 0 Å². The Balaban J connectivity index is -0.00000000298. The van der Waals surface area contributed by atoms with Crippen molar-refractivity contribution in [1.29, 1.82) is 0 Å². The summed E-state index contributed by atoms with van der Waals surface area (Å²) in [7, 11) is 4.50. The van der Waals surface area contributed by atoms with E-state index in [1.54, 1.807) is 0 Å². The summed E-state index contributed by atoms with van der Waals surface area (Å²) in [6, 6.07) is 0. The van der Waals surface area contributed by atoms with E-state index < -0.39 is 0 Å². The molecule has 1 heteroatoms. The molecule has 0 atom stereocenters. The summed E-state index contributed by atoms with van der Waals surface area (Å²) in [6.07, 6.45) is 0. The van der Waals surface area contributed by atoms with Gasteiger partial charge >= 0.3 is 0 Å². The molecule has 0 spiro atoms. The molecule has 0 saturated heterocycles. The van der Waals surface area contributed by atoms with Gasteiger partial charge in [-0.3, -0.25) is 0 Å². The van der Waals surface area contributed by atoms with Gasteiger partial charge in [0.25, 0.3) is 0 Å². The average molecular weight is 210 g/mol. The van der Waals surface area contributed by atoms with Crippen LogP contribution in [0.4, 0.5) is 0 Å². The van der Waals surface area contributed by atoms with Gasteiger partial charge in [-0.1, -0.05) is 91.9 Å². The maximum absolute atomic E-state index is 4.50. The molecule has 14 heavy (non-hydrogen) atoms. The van der Waals surface area contributed by atoms with Crippen molar-refractivity contribution >= 4 is 7.85 Å². The molecule has 0 aliphatic rings. The lowest BCUT2D eigenvalue weighted by Crippen LogP contribution is -1.13. The normalized spacial score (nSPS) is 2.07. The zero-order chi connectivity index (χ0) is 10.0. The van der Waals surface area contributed by atoms with Crippen LogP contribution in [0.1, 0.15) is 85.1 Å². The lowest BCUT2D eigenvalue weighted by atomic mass is 10.2. The van der Waals surface area contributed by atoms with Crippen molar-refractivity contribution in [1.82, 2.24) is 0 Å². The predicted octanol–water partition coefficient (Wildman–Crippen LogP) is 6.85.